The number of hydrogen-bond acceptors (Lipinski definition) is 4. The van der Waals surface area contributed by atoms with Gasteiger partial charge in [-0.25, -0.2) is 0 Å². The lowest BCUT2D eigenvalue weighted by molar-refractivity contribution is -0.126. The van der Waals surface area contributed by atoms with E-state index in [0.717, 1.165) is 0 Å². The average Bonchev–Trinajstić information content (AvgIpc) is 2.25. The van der Waals surface area contributed by atoms with Crippen molar-refractivity contribution in [2.45, 2.75) is 32.7 Å². The van der Waals surface area contributed by atoms with Crippen molar-refractivity contribution in [1.82, 2.24) is 10.6 Å². The lowest BCUT2D eigenvalue weighted by Gasteiger charge is -2.08. The number of hydrogen-bond donors (Lipinski definition) is 3. The van der Waals surface area contributed by atoms with Crippen LogP contribution < -0.4 is 16.4 Å². The van der Waals surface area contributed by atoms with Crippen LogP contribution in [0.15, 0.2) is 0 Å². The van der Waals surface area contributed by atoms with Crippen molar-refractivity contribution in [1.29, 1.82) is 0 Å². The number of ether oxygens (including phenoxy) is 1. The van der Waals surface area contributed by atoms with Crippen LogP contribution in [0, 0.1) is 0 Å². The number of amides is 2. The number of rotatable bonds is 9. The van der Waals surface area contributed by atoms with Gasteiger partial charge in [-0.05, 0) is 13.8 Å². The highest BCUT2D eigenvalue weighted by Gasteiger charge is 2.07. The Morgan fingerprint density at radius 1 is 1.18 bits per heavy atom. The van der Waals surface area contributed by atoms with E-state index >= 15 is 0 Å². The molecule has 0 aliphatic carbocycles. The van der Waals surface area contributed by atoms with Crippen molar-refractivity contribution in [2.24, 2.45) is 5.73 Å². The first-order valence-electron chi connectivity index (χ1n) is 5.90. The van der Waals surface area contributed by atoms with Gasteiger partial charge in [0.2, 0.25) is 11.8 Å². The summed E-state index contributed by atoms with van der Waals surface area (Å²) in [6.45, 7) is 5.63. The molecule has 0 unspecified atom stereocenters. The van der Waals surface area contributed by atoms with Crippen LogP contribution in [0.5, 0.6) is 0 Å². The second-order valence-electron chi connectivity index (χ2n) is 3.97. The Labute approximate surface area is 102 Å². The summed E-state index contributed by atoms with van der Waals surface area (Å²) in [6.07, 6.45) is 0.420. The van der Waals surface area contributed by atoms with Crippen LogP contribution >= 0.6 is 0 Å². The molecule has 0 aromatic carbocycles. The monoisotopic (exact) mass is 245 g/mol. The highest BCUT2D eigenvalue weighted by molar-refractivity contribution is 5.83. The van der Waals surface area contributed by atoms with Gasteiger partial charge >= 0.3 is 0 Å². The molecule has 0 aliphatic rings. The molecule has 0 heterocycles. The summed E-state index contributed by atoms with van der Waals surface area (Å²) in [6, 6.07) is 0.107. The summed E-state index contributed by atoms with van der Waals surface area (Å²) in [4.78, 5) is 22.5. The van der Waals surface area contributed by atoms with Crippen LogP contribution in [-0.4, -0.2) is 44.2 Å². The maximum absolute atomic E-state index is 11.3. The molecule has 2 amide bonds. The van der Waals surface area contributed by atoms with Crippen LogP contribution in [0.3, 0.4) is 0 Å². The molecule has 0 fully saturated rings. The van der Waals surface area contributed by atoms with Crippen molar-refractivity contribution in [2.75, 3.05) is 26.3 Å². The summed E-state index contributed by atoms with van der Waals surface area (Å²) in [5.41, 5.74) is 5.23. The lowest BCUT2D eigenvalue weighted by atomic mass is 10.2. The summed E-state index contributed by atoms with van der Waals surface area (Å²) in [5.74, 6) is -0.241. The van der Waals surface area contributed by atoms with Gasteiger partial charge in [-0.3, -0.25) is 9.59 Å². The standard InChI is InChI=1S/C11H23N3O3/c1-9(2)14-11(16)4-3-10(15)13-6-8-17-7-5-12/h9H,3-8,12H2,1-2H3,(H,13,15)(H,14,16). The van der Waals surface area contributed by atoms with E-state index in [1.54, 1.807) is 0 Å². The van der Waals surface area contributed by atoms with Crippen LogP contribution in [0.4, 0.5) is 0 Å². The van der Waals surface area contributed by atoms with Gasteiger partial charge in [0, 0.05) is 32.0 Å². The zero-order valence-corrected chi connectivity index (χ0v) is 10.6. The van der Waals surface area contributed by atoms with Crippen molar-refractivity contribution in [3.63, 3.8) is 0 Å². The van der Waals surface area contributed by atoms with Gasteiger partial charge in [0.05, 0.1) is 13.2 Å². The average molecular weight is 245 g/mol. The first-order chi connectivity index (χ1) is 8.06. The molecule has 0 saturated heterocycles. The number of carbonyl (C=O) groups excluding carboxylic acids is 2. The van der Waals surface area contributed by atoms with E-state index in [9.17, 15) is 9.59 Å². The fraction of sp³-hybridized carbons (Fsp3) is 0.818. The van der Waals surface area contributed by atoms with Gasteiger partial charge in [-0.2, -0.15) is 0 Å². The Balaban J connectivity index is 3.43. The molecule has 0 spiro atoms. The van der Waals surface area contributed by atoms with E-state index in [-0.39, 0.29) is 30.7 Å². The van der Waals surface area contributed by atoms with E-state index < -0.39 is 0 Å². The summed E-state index contributed by atoms with van der Waals surface area (Å²) in [7, 11) is 0. The second-order valence-corrected chi connectivity index (χ2v) is 3.97. The van der Waals surface area contributed by atoms with Crippen molar-refractivity contribution >= 4 is 11.8 Å². The third-order valence-electron chi connectivity index (χ3n) is 1.86. The third-order valence-corrected chi connectivity index (χ3v) is 1.86. The van der Waals surface area contributed by atoms with Crippen LogP contribution in [0.25, 0.3) is 0 Å². The molecule has 0 aromatic rings. The third kappa shape index (κ3) is 11.1. The minimum Gasteiger partial charge on any atom is -0.378 e. The quantitative estimate of drug-likeness (QED) is 0.472. The fourth-order valence-corrected chi connectivity index (χ4v) is 1.16. The molecule has 0 rings (SSSR count). The minimum absolute atomic E-state index is 0.102. The smallest absolute Gasteiger partial charge is 0.220 e. The molecule has 6 heteroatoms. The highest BCUT2D eigenvalue weighted by Crippen LogP contribution is 1.90. The summed E-state index contributed by atoms with van der Waals surface area (Å²) in [5, 5.41) is 5.39. The topological polar surface area (TPSA) is 93.5 Å². The molecule has 0 saturated carbocycles. The zero-order chi connectivity index (χ0) is 13.1. The molecule has 6 nitrogen and oxygen atoms in total. The molecule has 0 atom stereocenters. The van der Waals surface area contributed by atoms with Gasteiger partial charge in [-0.1, -0.05) is 0 Å². The normalized spacial score (nSPS) is 10.4. The van der Waals surface area contributed by atoms with E-state index in [1.165, 1.54) is 0 Å². The highest BCUT2D eigenvalue weighted by atomic mass is 16.5. The van der Waals surface area contributed by atoms with Gasteiger partial charge in [0.1, 0.15) is 0 Å². The van der Waals surface area contributed by atoms with Crippen LogP contribution in [-0.2, 0) is 14.3 Å². The minimum atomic E-state index is -0.139. The van der Waals surface area contributed by atoms with Crippen molar-refractivity contribution < 1.29 is 14.3 Å². The molecule has 100 valence electrons. The SMILES string of the molecule is CC(C)NC(=O)CCC(=O)NCCOCCN. The molecular weight excluding hydrogens is 222 g/mol. The van der Waals surface area contributed by atoms with Crippen LogP contribution in [0.2, 0.25) is 0 Å². The van der Waals surface area contributed by atoms with Gasteiger partial charge in [-0.15, -0.1) is 0 Å². The first kappa shape index (κ1) is 15.9. The number of nitrogens with one attached hydrogen (secondary N) is 2. The Kier molecular flexibility index (Phi) is 9.37. The fourth-order valence-electron chi connectivity index (χ4n) is 1.16. The molecule has 0 bridgehead atoms. The molecule has 17 heavy (non-hydrogen) atoms. The maximum atomic E-state index is 11.3. The van der Waals surface area contributed by atoms with Crippen molar-refractivity contribution in [3.05, 3.63) is 0 Å². The van der Waals surface area contributed by atoms with Crippen LogP contribution in [0.1, 0.15) is 26.7 Å². The molecule has 0 radical (unpaired) electrons. The van der Waals surface area contributed by atoms with Gasteiger partial charge in [0.25, 0.3) is 0 Å². The maximum Gasteiger partial charge on any atom is 0.220 e. The predicted molar refractivity (Wildman–Crippen MR) is 65.4 cm³/mol. The Morgan fingerprint density at radius 2 is 1.82 bits per heavy atom. The summed E-state index contributed by atoms with van der Waals surface area (Å²) < 4.78 is 5.09. The van der Waals surface area contributed by atoms with Crippen molar-refractivity contribution in [3.8, 4) is 0 Å². The Bertz CT molecular complexity index is 232. The van der Waals surface area contributed by atoms with E-state index in [4.69, 9.17) is 10.5 Å². The Morgan fingerprint density at radius 3 is 2.41 bits per heavy atom. The molecule has 0 aliphatic heterocycles. The molecule has 0 aromatic heterocycles. The number of carbonyl (C=O) groups is 2. The van der Waals surface area contributed by atoms with E-state index in [2.05, 4.69) is 10.6 Å². The largest absolute Gasteiger partial charge is 0.378 e. The lowest BCUT2D eigenvalue weighted by Crippen LogP contribution is -2.32. The number of nitrogens with two attached hydrogens (primary N) is 1. The van der Waals surface area contributed by atoms with E-state index in [1.807, 2.05) is 13.8 Å². The van der Waals surface area contributed by atoms with E-state index in [0.29, 0.717) is 26.3 Å². The van der Waals surface area contributed by atoms with Gasteiger partial charge < -0.3 is 21.1 Å². The first-order valence-corrected chi connectivity index (χ1v) is 5.90. The summed E-state index contributed by atoms with van der Waals surface area (Å²) >= 11 is 0. The molecule has 4 N–H and O–H groups in total. The molecular formula is C11H23N3O3. The Hall–Kier alpha value is -1.14. The predicted octanol–water partition coefficient (Wildman–Crippen LogP) is -0.617. The zero-order valence-electron chi connectivity index (χ0n) is 10.6. The van der Waals surface area contributed by atoms with Gasteiger partial charge in [0.15, 0.2) is 0 Å². The second kappa shape index (κ2) is 10.0.